The standard InChI is InChI=1S/C8H14O.Mg.2H/c1-4-5-6-7(2)8(3)9;;;/h4-5,7H,6H2,1-3H3;;;. The number of hydrogen-bond acceptors (Lipinski definition) is 1. The zero-order valence-corrected chi connectivity index (χ0v) is 6.35. The topological polar surface area (TPSA) is 17.1 Å². The van der Waals surface area contributed by atoms with Crippen LogP contribution in [0.2, 0.25) is 0 Å². The molecule has 0 radical (unpaired) electrons. The molecule has 10 heavy (non-hydrogen) atoms. The minimum absolute atomic E-state index is 0. The van der Waals surface area contributed by atoms with Gasteiger partial charge in [0.25, 0.3) is 0 Å². The predicted molar refractivity (Wildman–Crippen MR) is 47.8 cm³/mol. The molecule has 0 bridgehead atoms. The number of carbonyl (C=O) groups excluding carboxylic acids is 1. The van der Waals surface area contributed by atoms with Crippen LogP contribution >= 0.6 is 0 Å². The molecule has 2 heteroatoms. The summed E-state index contributed by atoms with van der Waals surface area (Å²) in [5.41, 5.74) is 0. The number of carbonyl (C=O) groups is 1. The zero-order chi connectivity index (χ0) is 7.28. The van der Waals surface area contributed by atoms with E-state index in [4.69, 9.17) is 0 Å². The van der Waals surface area contributed by atoms with E-state index in [0.29, 0.717) is 0 Å². The molecule has 0 fully saturated rings. The fourth-order valence-corrected chi connectivity index (χ4v) is 0.506. The third kappa shape index (κ3) is 6.30. The SMILES string of the molecule is CC=CCC(C)C(C)=O.[MgH2]. The van der Waals surface area contributed by atoms with E-state index in [9.17, 15) is 4.79 Å². The van der Waals surface area contributed by atoms with Crippen molar-refractivity contribution in [2.45, 2.75) is 27.2 Å². The lowest BCUT2D eigenvalue weighted by Crippen LogP contribution is -2.03. The van der Waals surface area contributed by atoms with Gasteiger partial charge in [-0.25, -0.2) is 0 Å². The van der Waals surface area contributed by atoms with Crippen molar-refractivity contribution in [1.29, 1.82) is 0 Å². The van der Waals surface area contributed by atoms with Gasteiger partial charge in [0.2, 0.25) is 0 Å². The monoisotopic (exact) mass is 152 g/mol. The van der Waals surface area contributed by atoms with E-state index in [1.165, 1.54) is 0 Å². The summed E-state index contributed by atoms with van der Waals surface area (Å²) in [7, 11) is 0. The molecular formula is C8H16MgO. The van der Waals surface area contributed by atoms with Gasteiger partial charge in [-0.15, -0.1) is 0 Å². The fourth-order valence-electron chi connectivity index (χ4n) is 0.506. The van der Waals surface area contributed by atoms with Crippen molar-refractivity contribution in [3.63, 3.8) is 0 Å². The second kappa shape index (κ2) is 7.29. The highest BCUT2D eigenvalue weighted by Crippen LogP contribution is 2.02. The number of hydrogen-bond donors (Lipinski definition) is 0. The second-order valence-electron chi connectivity index (χ2n) is 2.32. The Hall–Kier alpha value is 0.176. The molecule has 0 amide bonds. The molecule has 0 aliphatic rings. The molecule has 1 unspecified atom stereocenters. The van der Waals surface area contributed by atoms with Crippen molar-refractivity contribution < 1.29 is 4.79 Å². The van der Waals surface area contributed by atoms with Crippen LogP contribution in [-0.2, 0) is 4.79 Å². The lowest BCUT2D eigenvalue weighted by Gasteiger charge is -2.00. The average molecular weight is 153 g/mol. The normalized spacial score (nSPS) is 12.7. The molecular weight excluding hydrogens is 136 g/mol. The summed E-state index contributed by atoms with van der Waals surface area (Å²) in [6.07, 6.45) is 4.87. The third-order valence-electron chi connectivity index (χ3n) is 1.42. The van der Waals surface area contributed by atoms with Crippen LogP contribution in [-0.4, -0.2) is 28.8 Å². The van der Waals surface area contributed by atoms with Gasteiger partial charge in [-0.05, 0) is 20.3 Å². The first kappa shape index (κ1) is 12.8. The van der Waals surface area contributed by atoms with Gasteiger partial charge in [-0.2, -0.15) is 0 Å². The van der Waals surface area contributed by atoms with Crippen LogP contribution in [0, 0.1) is 5.92 Å². The van der Waals surface area contributed by atoms with Crippen molar-refractivity contribution in [1.82, 2.24) is 0 Å². The molecule has 0 aliphatic heterocycles. The van der Waals surface area contributed by atoms with Crippen molar-refractivity contribution in [3.8, 4) is 0 Å². The Bertz CT molecular complexity index is 118. The second-order valence-corrected chi connectivity index (χ2v) is 2.32. The third-order valence-corrected chi connectivity index (χ3v) is 1.42. The molecule has 0 heterocycles. The fraction of sp³-hybridized carbons (Fsp3) is 0.625. The van der Waals surface area contributed by atoms with E-state index in [-0.39, 0.29) is 34.8 Å². The maximum atomic E-state index is 10.6. The van der Waals surface area contributed by atoms with Gasteiger partial charge >= 0.3 is 23.1 Å². The Kier molecular flexibility index (Phi) is 9.34. The van der Waals surface area contributed by atoms with Crippen molar-refractivity contribution in [3.05, 3.63) is 12.2 Å². The Morgan fingerprint density at radius 3 is 2.40 bits per heavy atom. The quantitative estimate of drug-likeness (QED) is 0.440. The van der Waals surface area contributed by atoms with Crippen LogP contribution < -0.4 is 0 Å². The first-order valence-corrected chi connectivity index (χ1v) is 3.30. The van der Waals surface area contributed by atoms with Crippen LogP contribution in [0.4, 0.5) is 0 Å². The van der Waals surface area contributed by atoms with Gasteiger partial charge in [0, 0.05) is 5.92 Å². The van der Waals surface area contributed by atoms with Gasteiger partial charge in [0.05, 0.1) is 0 Å². The summed E-state index contributed by atoms with van der Waals surface area (Å²) in [5.74, 6) is 0.467. The Balaban J connectivity index is 0. The summed E-state index contributed by atoms with van der Waals surface area (Å²) in [6, 6.07) is 0. The predicted octanol–water partition coefficient (Wildman–Crippen LogP) is 1.26. The van der Waals surface area contributed by atoms with Crippen molar-refractivity contribution in [2.24, 2.45) is 5.92 Å². The maximum absolute atomic E-state index is 10.6. The van der Waals surface area contributed by atoms with E-state index >= 15 is 0 Å². The molecule has 1 atom stereocenters. The molecule has 1 nitrogen and oxygen atoms in total. The summed E-state index contributed by atoms with van der Waals surface area (Å²) < 4.78 is 0. The molecule has 0 aromatic rings. The van der Waals surface area contributed by atoms with Crippen molar-refractivity contribution >= 4 is 28.8 Å². The number of ketones is 1. The first-order valence-electron chi connectivity index (χ1n) is 3.30. The molecule has 56 valence electrons. The molecule has 0 aliphatic carbocycles. The Labute approximate surface area is 79.0 Å². The van der Waals surface area contributed by atoms with Crippen LogP contribution in [0.5, 0.6) is 0 Å². The highest BCUT2D eigenvalue weighted by atomic mass is 24.3. The number of allylic oxidation sites excluding steroid dienone is 2. The minimum Gasteiger partial charge on any atom is -0.300 e. The Morgan fingerprint density at radius 1 is 1.60 bits per heavy atom. The smallest absolute Gasteiger partial charge is 0.300 e. The molecule has 0 rings (SSSR count). The Morgan fingerprint density at radius 2 is 2.10 bits per heavy atom. The largest absolute Gasteiger partial charge is 0.316 e. The zero-order valence-electron chi connectivity index (χ0n) is 6.35. The van der Waals surface area contributed by atoms with E-state index in [1.54, 1.807) is 6.92 Å². The molecule has 0 N–H and O–H groups in total. The highest BCUT2D eigenvalue weighted by molar-refractivity contribution is 5.77. The summed E-state index contributed by atoms with van der Waals surface area (Å²) >= 11 is 0. The van der Waals surface area contributed by atoms with Crippen LogP contribution in [0.3, 0.4) is 0 Å². The lowest BCUT2D eigenvalue weighted by molar-refractivity contribution is -0.120. The van der Waals surface area contributed by atoms with Crippen LogP contribution in [0.1, 0.15) is 27.2 Å². The van der Waals surface area contributed by atoms with Gasteiger partial charge < -0.3 is 0 Å². The summed E-state index contributed by atoms with van der Waals surface area (Å²) in [5, 5.41) is 0. The lowest BCUT2D eigenvalue weighted by atomic mass is 10.0. The number of rotatable bonds is 3. The minimum atomic E-state index is 0. The van der Waals surface area contributed by atoms with Gasteiger partial charge in [0.1, 0.15) is 5.78 Å². The van der Waals surface area contributed by atoms with E-state index in [1.807, 2.05) is 26.0 Å². The molecule has 0 saturated carbocycles. The van der Waals surface area contributed by atoms with Crippen LogP contribution in [0.15, 0.2) is 12.2 Å². The molecule has 0 aromatic carbocycles. The van der Waals surface area contributed by atoms with E-state index < -0.39 is 0 Å². The summed E-state index contributed by atoms with van der Waals surface area (Å²) in [6.45, 7) is 5.54. The number of Topliss-reactive ketones (excluding diaryl/α,β-unsaturated/α-hetero) is 1. The van der Waals surface area contributed by atoms with Gasteiger partial charge in [-0.3, -0.25) is 4.79 Å². The van der Waals surface area contributed by atoms with E-state index in [0.717, 1.165) is 6.42 Å². The molecule has 0 saturated heterocycles. The summed E-state index contributed by atoms with van der Waals surface area (Å²) in [4.78, 5) is 10.6. The highest BCUT2D eigenvalue weighted by Gasteiger charge is 2.02. The van der Waals surface area contributed by atoms with Gasteiger partial charge in [-0.1, -0.05) is 19.1 Å². The van der Waals surface area contributed by atoms with Crippen LogP contribution in [0.25, 0.3) is 0 Å². The van der Waals surface area contributed by atoms with Crippen molar-refractivity contribution in [2.75, 3.05) is 0 Å². The van der Waals surface area contributed by atoms with Gasteiger partial charge in [0.15, 0.2) is 0 Å². The average Bonchev–Trinajstić information content (AvgIpc) is 1.82. The maximum Gasteiger partial charge on any atom is 0.316 e. The van der Waals surface area contributed by atoms with E-state index in [2.05, 4.69) is 0 Å². The first-order chi connectivity index (χ1) is 4.18. The molecule has 0 aromatic heterocycles. The molecule has 0 spiro atoms.